The van der Waals surface area contributed by atoms with Crippen molar-refractivity contribution in [3.05, 3.63) is 36.2 Å². The number of aryl methyl sites for hydroxylation is 1. The second kappa shape index (κ2) is 9.28. The standard InChI is InChI=1S/C17H24N6O3S/c1-4-18-16-11-17(22-12(2)21-16)19-9-10-20-27(25,26)15-7-5-14(6-8-15)23-13(3)24/h5-8,11,20H,4,9-10H2,1-3H3,(H,23,24)(H2,18,19,21,22). The van der Waals surface area contributed by atoms with Crippen molar-refractivity contribution in [3.8, 4) is 0 Å². The molecule has 0 aliphatic carbocycles. The van der Waals surface area contributed by atoms with Gasteiger partial charge < -0.3 is 16.0 Å². The Kier molecular flexibility index (Phi) is 7.08. The summed E-state index contributed by atoms with van der Waals surface area (Å²) in [6, 6.07) is 7.74. The molecular formula is C17H24N6O3S. The van der Waals surface area contributed by atoms with Gasteiger partial charge in [-0.3, -0.25) is 4.79 Å². The highest BCUT2D eigenvalue weighted by Crippen LogP contribution is 2.14. The maximum Gasteiger partial charge on any atom is 0.240 e. The Balaban J connectivity index is 1.89. The predicted molar refractivity (Wildman–Crippen MR) is 105 cm³/mol. The van der Waals surface area contributed by atoms with E-state index in [9.17, 15) is 13.2 Å². The molecule has 1 amide bonds. The molecule has 146 valence electrons. The lowest BCUT2D eigenvalue weighted by atomic mass is 10.3. The summed E-state index contributed by atoms with van der Waals surface area (Å²) in [7, 11) is -3.63. The fourth-order valence-electron chi connectivity index (χ4n) is 2.31. The number of nitrogens with one attached hydrogen (secondary N) is 4. The van der Waals surface area contributed by atoms with Gasteiger partial charge in [-0.15, -0.1) is 0 Å². The SMILES string of the molecule is CCNc1cc(NCCNS(=O)(=O)c2ccc(NC(C)=O)cc2)nc(C)n1. The summed E-state index contributed by atoms with van der Waals surface area (Å²) in [5.74, 6) is 1.74. The maximum atomic E-state index is 12.3. The molecule has 0 saturated heterocycles. The van der Waals surface area contributed by atoms with Crippen molar-refractivity contribution < 1.29 is 13.2 Å². The van der Waals surface area contributed by atoms with Crippen LogP contribution in [-0.4, -0.2) is 43.9 Å². The lowest BCUT2D eigenvalue weighted by Gasteiger charge is -2.11. The quantitative estimate of drug-likeness (QED) is 0.477. The van der Waals surface area contributed by atoms with E-state index in [1.807, 2.05) is 6.92 Å². The summed E-state index contributed by atoms with van der Waals surface area (Å²) >= 11 is 0. The van der Waals surface area contributed by atoms with Crippen LogP contribution in [0.2, 0.25) is 0 Å². The Morgan fingerprint density at radius 3 is 2.26 bits per heavy atom. The molecule has 0 aliphatic rings. The molecule has 27 heavy (non-hydrogen) atoms. The van der Waals surface area contributed by atoms with Gasteiger partial charge in [0.15, 0.2) is 0 Å². The Labute approximate surface area is 159 Å². The van der Waals surface area contributed by atoms with Crippen LogP contribution in [0, 0.1) is 6.92 Å². The summed E-state index contributed by atoms with van der Waals surface area (Å²) < 4.78 is 27.1. The van der Waals surface area contributed by atoms with Gasteiger partial charge in [-0.05, 0) is 38.1 Å². The van der Waals surface area contributed by atoms with Gasteiger partial charge in [0.05, 0.1) is 4.90 Å². The second-order valence-electron chi connectivity index (χ2n) is 5.75. The average molecular weight is 392 g/mol. The third-order valence-electron chi connectivity index (χ3n) is 3.40. The van der Waals surface area contributed by atoms with Crippen molar-refractivity contribution >= 4 is 33.3 Å². The molecule has 0 spiro atoms. The molecule has 4 N–H and O–H groups in total. The van der Waals surface area contributed by atoms with Crippen LogP contribution in [0.1, 0.15) is 19.7 Å². The summed E-state index contributed by atoms with van der Waals surface area (Å²) in [4.78, 5) is 19.7. The molecule has 0 radical (unpaired) electrons. The van der Waals surface area contributed by atoms with Gasteiger partial charge in [-0.25, -0.2) is 23.1 Å². The van der Waals surface area contributed by atoms with Gasteiger partial charge in [0.2, 0.25) is 15.9 Å². The van der Waals surface area contributed by atoms with Crippen molar-refractivity contribution in [2.45, 2.75) is 25.7 Å². The predicted octanol–water partition coefficient (Wildman–Crippen LogP) is 1.57. The third-order valence-corrected chi connectivity index (χ3v) is 4.88. The van der Waals surface area contributed by atoms with E-state index >= 15 is 0 Å². The van der Waals surface area contributed by atoms with E-state index in [0.717, 1.165) is 6.54 Å². The molecule has 0 aliphatic heterocycles. The van der Waals surface area contributed by atoms with E-state index in [4.69, 9.17) is 0 Å². The number of sulfonamides is 1. The van der Waals surface area contributed by atoms with Gasteiger partial charge in [0, 0.05) is 38.3 Å². The van der Waals surface area contributed by atoms with E-state index in [-0.39, 0.29) is 17.3 Å². The molecule has 0 bridgehead atoms. The molecule has 0 fully saturated rings. The second-order valence-corrected chi connectivity index (χ2v) is 7.51. The number of hydrogen-bond donors (Lipinski definition) is 4. The van der Waals surface area contributed by atoms with Crippen molar-refractivity contribution in [2.75, 3.05) is 35.6 Å². The van der Waals surface area contributed by atoms with Crippen molar-refractivity contribution in [1.29, 1.82) is 0 Å². The van der Waals surface area contributed by atoms with Crippen molar-refractivity contribution in [1.82, 2.24) is 14.7 Å². The summed E-state index contributed by atoms with van der Waals surface area (Å²) in [6.07, 6.45) is 0. The highest BCUT2D eigenvalue weighted by atomic mass is 32.2. The first-order valence-corrected chi connectivity index (χ1v) is 9.99. The minimum atomic E-state index is -3.63. The third kappa shape index (κ3) is 6.50. The molecule has 1 aromatic carbocycles. The number of anilines is 3. The van der Waals surface area contributed by atoms with Crippen molar-refractivity contribution in [2.24, 2.45) is 0 Å². The Morgan fingerprint density at radius 2 is 1.67 bits per heavy atom. The minimum Gasteiger partial charge on any atom is -0.370 e. The normalized spacial score (nSPS) is 11.1. The average Bonchev–Trinajstić information content (AvgIpc) is 2.58. The highest BCUT2D eigenvalue weighted by molar-refractivity contribution is 7.89. The summed E-state index contributed by atoms with van der Waals surface area (Å²) in [5.41, 5.74) is 0.541. The number of nitrogens with zero attached hydrogens (tertiary/aromatic N) is 2. The molecule has 1 heterocycles. The molecule has 0 unspecified atom stereocenters. The van der Waals surface area contributed by atoms with Crippen LogP contribution >= 0.6 is 0 Å². The number of amides is 1. The number of carbonyl (C=O) groups is 1. The van der Waals surface area contributed by atoms with Crippen LogP contribution in [0.25, 0.3) is 0 Å². The minimum absolute atomic E-state index is 0.129. The number of rotatable bonds is 9. The van der Waals surface area contributed by atoms with Crippen LogP contribution in [0.15, 0.2) is 35.2 Å². The number of carbonyl (C=O) groups excluding carboxylic acids is 1. The molecule has 0 saturated carbocycles. The van der Waals surface area contributed by atoms with Crippen LogP contribution in [0.4, 0.5) is 17.3 Å². The van der Waals surface area contributed by atoms with Gasteiger partial charge in [0.1, 0.15) is 17.5 Å². The Morgan fingerprint density at radius 1 is 1.04 bits per heavy atom. The van der Waals surface area contributed by atoms with E-state index in [1.54, 1.807) is 25.1 Å². The van der Waals surface area contributed by atoms with Crippen LogP contribution in [0.3, 0.4) is 0 Å². The summed E-state index contributed by atoms with van der Waals surface area (Å²) in [6.45, 7) is 6.46. The number of benzene rings is 1. The first-order valence-electron chi connectivity index (χ1n) is 8.51. The molecule has 0 atom stereocenters. The van der Waals surface area contributed by atoms with E-state index < -0.39 is 10.0 Å². The first-order chi connectivity index (χ1) is 12.8. The zero-order valence-corrected chi connectivity index (χ0v) is 16.4. The molecule has 2 rings (SSSR count). The van der Waals surface area contributed by atoms with E-state index in [0.29, 0.717) is 29.7 Å². The fraction of sp³-hybridized carbons (Fsp3) is 0.353. The van der Waals surface area contributed by atoms with Gasteiger partial charge in [-0.1, -0.05) is 0 Å². The molecule has 2 aromatic rings. The lowest BCUT2D eigenvalue weighted by molar-refractivity contribution is -0.114. The zero-order chi connectivity index (χ0) is 19.9. The van der Waals surface area contributed by atoms with Gasteiger partial charge in [0.25, 0.3) is 0 Å². The molecule has 9 nitrogen and oxygen atoms in total. The summed E-state index contributed by atoms with van der Waals surface area (Å²) in [5, 5.41) is 8.78. The zero-order valence-electron chi connectivity index (χ0n) is 15.5. The Bertz CT molecular complexity index is 884. The van der Waals surface area contributed by atoms with Crippen molar-refractivity contribution in [3.63, 3.8) is 0 Å². The largest absolute Gasteiger partial charge is 0.370 e. The highest BCUT2D eigenvalue weighted by Gasteiger charge is 2.13. The first kappa shape index (κ1) is 20.6. The molecule has 10 heteroatoms. The molecule has 1 aromatic heterocycles. The van der Waals surface area contributed by atoms with Gasteiger partial charge in [-0.2, -0.15) is 0 Å². The maximum absolute atomic E-state index is 12.3. The fourth-order valence-corrected chi connectivity index (χ4v) is 3.34. The van der Waals surface area contributed by atoms with Gasteiger partial charge >= 0.3 is 0 Å². The Hall–Kier alpha value is -2.72. The molecular weight excluding hydrogens is 368 g/mol. The van der Waals surface area contributed by atoms with E-state index in [2.05, 4.69) is 30.6 Å². The van der Waals surface area contributed by atoms with Crippen LogP contribution in [-0.2, 0) is 14.8 Å². The number of aromatic nitrogens is 2. The van der Waals surface area contributed by atoms with Crippen LogP contribution < -0.4 is 20.7 Å². The number of hydrogen-bond acceptors (Lipinski definition) is 7. The van der Waals surface area contributed by atoms with Crippen LogP contribution in [0.5, 0.6) is 0 Å². The monoisotopic (exact) mass is 392 g/mol. The van der Waals surface area contributed by atoms with E-state index in [1.165, 1.54) is 19.1 Å². The lowest BCUT2D eigenvalue weighted by Crippen LogP contribution is -2.29. The smallest absolute Gasteiger partial charge is 0.240 e. The topological polar surface area (TPSA) is 125 Å².